The minimum Gasteiger partial charge on any atom is -0.495 e. The molecule has 3 rings (SSSR count). The molecule has 0 radical (unpaired) electrons. The van der Waals surface area contributed by atoms with E-state index < -0.39 is 10.8 Å². The minimum absolute atomic E-state index is 0.0395. The molecule has 26 heavy (non-hydrogen) atoms. The monoisotopic (exact) mass is 353 g/mol. The number of nitrogens with zero attached hydrogens (tertiary/aromatic N) is 2. The number of nitro benzene ring substituents is 1. The lowest BCUT2D eigenvalue weighted by Gasteiger charge is -2.09. The number of aromatic nitrogens is 1. The average Bonchev–Trinajstić information content (AvgIpc) is 3.10. The van der Waals surface area contributed by atoms with Gasteiger partial charge in [0.2, 0.25) is 11.8 Å². The van der Waals surface area contributed by atoms with Crippen LogP contribution in [0, 0.1) is 10.1 Å². The fraction of sp³-hybridized carbons (Fsp3) is 0.111. The van der Waals surface area contributed by atoms with Gasteiger partial charge in [-0.2, -0.15) is 0 Å². The molecule has 1 heterocycles. The highest BCUT2D eigenvalue weighted by molar-refractivity contribution is 5.93. The molecule has 0 spiro atoms. The molecule has 3 aromatic rings. The van der Waals surface area contributed by atoms with Gasteiger partial charge in [0.1, 0.15) is 12.0 Å². The predicted octanol–water partition coefficient (Wildman–Crippen LogP) is 3.44. The number of amides is 1. The van der Waals surface area contributed by atoms with Crippen LogP contribution >= 0.6 is 0 Å². The Morgan fingerprint density at radius 3 is 2.73 bits per heavy atom. The van der Waals surface area contributed by atoms with Crippen molar-refractivity contribution in [3.8, 4) is 17.2 Å². The van der Waals surface area contributed by atoms with Crippen LogP contribution in [-0.2, 0) is 11.2 Å². The van der Waals surface area contributed by atoms with E-state index in [1.54, 1.807) is 0 Å². The first-order valence-electron chi connectivity index (χ1n) is 7.69. The second-order valence-corrected chi connectivity index (χ2v) is 5.38. The fourth-order valence-corrected chi connectivity index (χ4v) is 2.37. The molecule has 8 heteroatoms. The molecule has 0 aliphatic carbocycles. The Morgan fingerprint density at radius 1 is 1.27 bits per heavy atom. The van der Waals surface area contributed by atoms with Crippen LogP contribution in [0.5, 0.6) is 5.75 Å². The van der Waals surface area contributed by atoms with Crippen molar-refractivity contribution in [3.63, 3.8) is 0 Å². The number of benzene rings is 2. The van der Waals surface area contributed by atoms with Gasteiger partial charge in [-0.05, 0) is 18.2 Å². The number of nitrogens with one attached hydrogen (secondary N) is 1. The van der Waals surface area contributed by atoms with E-state index in [0.29, 0.717) is 17.3 Å². The van der Waals surface area contributed by atoms with E-state index in [1.807, 2.05) is 30.3 Å². The summed E-state index contributed by atoms with van der Waals surface area (Å²) in [6, 6.07) is 13.3. The zero-order valence-corrected chi connectivity index (χ0v) is 13.8. The molecular formula is C18H15N3O5. The summed E-state index contributed by atoms with van der Waals surface area (Å²) >= 11 is 0. The number of carbonyl (C=O) groups is 1. The van der Waals surface area contributed by atoms with Crippen molar-refractivity contribution < 1.29 is 18.9 Å². The van der Waals surface area contributed by atoms with Crippen LogP contribution in [0.2, 0.25) is 0 Å². The third-order valence-corrected chi connectivity index (χ3v) is 3.58. The van der Waals surface area contributed by atoms with Crippen molar-refractivity contribution in [2.24, 2.45) is 0 Å². The molecule has 8 nitrogen and oxygen atoms in total. The molecule has 1 amide bonds. The van der Waals surface area contributed by atoms with E-state index in [-0.39, 0.29) is 17.8 Å². The zero-order valence-electron chi connectivity index (χ0n) is 13.8. The van der Waals surface area contributed by atoms with Crippen molar-refractivity contribution in [1.29, 1.82) is 0 Å². The number of oxazole rings is 1. The fourth-order valence-electron chi connectivity index (χ4n) is 2.37. The lowest BCUT2D eigenvalue weighted by molar-refractivity contribution is -0.384. The first kappa shape index (κ1) is 17.2. The van der Waals surface area contributed by atoms with Crippen molar-refractivity contribution >= 4 is 17.3 Å². The van der Waals surface area contributed by atoms with Gasteiger partial charge in [-0.15, -0.1) is 0 Å². The Kier molecular flexibility index (Phi) is 4.93. The summed E-state index contributed by atoms with van der Waals surface area (Å²) in [4.78, 5) is 26.9. The van der Waals surface area contributed by atoms with Gasteiger partial charge < -0.3 is 14.5 Å². The summed E-state index contributed by atoms with van der Waals surface area (Å²) in [5, 5.41) is 13.5. The maximum Gasteiger partial charge on any atom is 0.271 e. The molecule has 0 saturated heterocycles. The number of ether oxygens (including phenoxy) is 1. The summed E-state index contributed by atoms with van der Waals surface area (Å²) in [6.07, 6.45) is 1.37. The summed E-state index contributed by atoms with van der Waals surface area (Å²) in [6.45, 7) is 0. The number of anilines is 1. The molecule has 1 aromatic heterocycles. The molecule has 0 atom stereocenters. The predicted molar refractivity (Wildman–Crippen MR) is 93.9 cm³/mol. The lowest BCUT2D eigenvalue weighted by atomic mass is 10.2. The molecule has 2 aromatic carbocycles. The Hall–Kier alpha value is -3.68. The van der Waals surface area contributed by atoms with Crippen molar-refractivity contribution in [3.05, 3.63) is 70.6 Å². The van der Waals surface area contributed by atoms with Crippen LogP contribution in [0.1, 0.15) is 5.69 Å². The quantitative estimate of drug-likeness (QED) is 0.537. The van der Waals surface area contributed by atoms with Gasteiger partial charge in [0.25, 0.3) is 5.69 Å². The molecule has 0 saturated carbocycles. The van der Waals surface area contributed by atoms with Gasteiger partial charge in [0, 0.05) is 17.7 Å². The molecule has 0 bridgehead atoms. The average molecular weight is 353 g/mol. The number of hydrogen-bond acceptors (Lipinski definition) is 6. The molecule has 0 unspecified atom stereocenters. The van der Waals surface area contributed by atoms with Crippen LogP contribution in [0.4, 0.5) is 11.4 Å². The molecule has 0 aliphatic heterocycles. The highest BCUT2D eigenvalue weighted by atomic mass is 16.6. The van der Waals surface area contributed by atoms with Gasteiger partial charge >= 0.3 is 0 Å². The van der Waals surface area contributed by atoms with Crippen LogP contribution < -0.4 is 10.1 Å². The van der Waals surface area contributed by atoms with Crippen molar-refractivity contribution in [2.75, 3.05) is 12.4 Å². The summed E-state index contributed by atoms with van der Waals surface area (Å²) in [5.74, 6) is 0.354. The van der Waals surface area contributed by atoms with E-state index in [1.165, 1.54) is 31.6 Å². The summed E-state index contributed by atoms with van der Waals surface area (Å²) < 4.78 is 10.5. The number of non-ortho nitro benzene ring substituents is 1. The standard InChI is InChI=1S/C18H15N3O5/c1-25-16-8-7-14(21(23)24)10-15(16)20-17(22)9-13-11-26-18(19-13)12-5-3-2-4-6-12/h2-8,10-11H,9H2,1H3,(H,20,22). The first-order chi connectivity index (χ1) is 12.6. The van der Waals surface area contributed by atoms with Gasteiger partial charge in [-0.1, -0.05) is 18.2 Å². The Balaban J connectivity index is 1.73. The largest absolute Gasteiger partial charge is 0.495 e. The second kappa shape index (κ2) is 7.47. The van der Waals surface area contributed by atoms with E-state index in [2.05, 4.69) is 10.3 Å². The zero-order chi connectivity index (χ0) is 18.5. The third-order valence-electron chi connectivity index (χ3n) is 3.58. The van der Waals surface area contributed by atoms with Crippen LogP contribution in [0.25, 0.3) is 11.5 Å². The Labute approximate surface area is 148 Å². The Morgan fingerprint density at radius 2 is 2.04 bits per heavy atom. The van der Waals surface area contributed by atoms with Crippen molar-refractivity contribution in [2.45, 2.75) is 6.42 Å². The molecule has 0 aliphatic rings. The third kappa shape index (κ3) is 3.86. The van der Waals surface area contributed by atoms with E-state index in [4.69, 9.17) is 9.15 Å². The van der Waals surface area contributed by atoms with E-state index in [9.17, 15) is 14.9 Å². The SMILES string of the molecule is COc1ccc([N+](=O)[O-])cc1NC(=O)Cc1coc(-c2ccccc2)n1. The lowest BCUT2D eigenvalue weighted by Crippen LogP contribution is -2.15. The highest BCUT2D eigenvalue weighted by Gasteiger charge is 2.15. The Bertz CT molecular complexity index is 937. The van der Waals surface area contributed by atoms with Gasteiger partial charge in [0.15, 0.2) is 0 Å². The number of nitro groups is 1. The van der Waals surface area contributed by atoms with E-state index >= 15 is 0 Å². The van der Waals surface area contributed by atoms with Crippen LogP contribution in [-0.4, -0.2) is 22.9 Å². The molecular weight excluding hydrogens is 338 g/mol. The van der Waals surface area contributed by atoms with Crippen LogP contribution in [0.3, 0.4) is 0 Å². The van der Waals surface area contributed by atoms with Gasteiger partial charge in [0.05, 0.1) is 29.8 Å². The minimum atomic E-state index is -0.543. The number of methoxy groups -OCH3 is 1. The molecule has 1 N–H and O–H groups in total. The summed E-state index contributed by atoms with van der Waals surface area (Å²) in [7, 11) is 1.42. The van der Waals surface area contributed by atoms with Crippen molar-refractivity contribution in [1.82, 2.24) is 4.98 Å². The maximum atomic E-state index is 12.3. The summed E-state index contributed by atoms with van der Waals surface area (Å²) in [5.41, 5.74) is 1.33. The normalized spacial score (nSPS) is 10.3. The highest BCUT2D eigenvalue weighted by Crippen LogP contribution is 2.29. The topological polar surface area (TPSA) is 108 Å². The van der Waals surface area contributed by atoms with Gasteiger partial charge in [-0.25, -0.2) is 4.98 Å². The van der Waals surface area contributed by atoms with Crippen LogP contribution in [0.15, 0.2) is 59.2 Å². The molecule has 132 valence electrons. The maximum absolute atomic E-state index is 12.3. The first-order valence-corrected chi connectivity index (χ1v) is 7.69. The number of carbonyl (C=O) groups excluding carboxylic acids is 1. The van der Waals surface area contributed by atoms with Gasteiger partial charge in [-0.3, -0.25) is 14.9 Å². The van der Waals surface area contributed by atoms with E-state index in [0.717, 1.165) is 5.56 Å². The second-order valence-electron chi connectivity index (χ2n) is 5.38. The number of rotatable bonds is 6. The molecule has 0 fully saturated rings. The smallest absolute Gasteiger partial charge is 0.271 e. The number of hydrogen-bond donors (Lipinski definition) is 1.